The molecule has 2 heterocycles. The summed E-state index contributed by atoms with van der Waals surface area (Å²) in [5.74, 6) is 0. The van der Waals surface area contributed by atoms with Crippen LogP contribution in [0.1, 0.15) is 11.1 Å². The van der Waals surface area contributed by atoms with Gasteiger partial charge in [0.2, 0.25) is 0 Å². The molecule has 2 aliphatic heterocycles. The molecule has 0 atom stereocenters. The van der Waals surface area contributed by atoms with Gasteiger partial charge < -0.3 is 0 Å². The van der Waals surface area contributed by atoms with Crippen LogP contribution in [-0.4, -0.2) is 12.7 Å². The highest BCUT2D eigenvalue weighted by Crippen LogP contribution is 2.29. The zero-order valence-corrected chi connectivity index (χ0v) is 7.36. The van der Waals surface area contributed by atoms with Crippen LogP contribution in [-0.2, 0) is 12.8 Å². The van der Waals surface area contributed by atoms with Crippen molar-refractivity contribution in [3.8, 4) is 0 Å². The van der Waals surface area contributed by atoms with Gasteiger partial charge in [0, 0.05) is 11.1 Å². The van der Waals surface area contributed by atoms with Gasteiger partial charge in [-0.2, -0.15) is 0 Å². The molecule has 0 unspecified atom stereocenters. The van der Waals surface area contributed by atoms with Crippen LogP contribution in [0.2, 0.25) is 0 Å². The molecule has 0 amide bonds. The van der Waals surface area contributed by atoms with Gasteiger partial charge in [-0.1, -0.05) is 0 Å². The van der Waals surface area contributed by atoms with Crippen LogP contribution in [0.5, 0.6) is 0 Å². The number of hydrogen-bond acceptors (Lipinski definition) is 4. The summed E-state index contributed by atoms with van der Waals surface area (Å²) in [6.07, 6.45) is 5.32. The van der Waals surface area contributed by atoms with E-state index in [2.05, 4.69) is 20.0 Å². The molecule has 66 valence electrons. The molecule has 4 nitrogen and oxygen atoms in total. The van der Waals surface area contributed by atoms with Crippen LogP contribution in [0, 0.1) is 0 Å². The predicted molar refractivity (Wildman–Crippen MR) is 52.5 cm³/mol. The molecule has 0 N–H and O–H groups in total. The maximum Gasteiger partial charge on any atom is 0.116 e. The fourth-order valence-electron chi connectivity index (χ4n) is 2.36. The first-order chi connectivity index (χ1) is 6.95. The average molecular weight is 182 g/mol. The third kappa shape index (κ3) is 0.556. The monoisotopic (exact) mass is 182 g/mol. The number of rotatable bonds is 0. The third-order valence-electron chi connectivity index (χ3n) is 2.96. The molecule has 0 aromatic heterocycles. The first-order valence-electron chi connectivity index (χ1n) is 4.63. The highest BCUT2D eigenvalue weighted by Gasteiger charge is 2.26. The van der Waals surface area contributed by atoms with E-state index in [1.54, 1.807) is 12.7 Å². The summed E-state index contributed by atoms with van der Waals surface area (Å²) >= 11 is 0. The van der Waals surface area contributed by atoms with Crippen LogP contribution < -0.4 is 10.7 Å². The van der Waals surface area contributed by atoms with Gasteiger partial charge in [-0.05, 0) is 12.8 Å². The van der Waals surface area contributed by atoms with Crippen molar-refractivity contribution in [1.29, 1.82) is 0 Å². The molecular formula is C10H6N4. The minimum atomic E-state index is 1.03. The van der Waals surface area contributed by atoms with Gasteiger partial charge in [-0.25, -0.2) is 20.0 Å². The summed E-state index contributed by atoms with van der Waals surface area (Å²) in [7, 11) is 0. The van der Waals surface area contributed by atoms with E-state index in [9.17, 15) is 0 Å². The lowest BCUT2D eigenvalue weighted by molar-refractivity contribution is 0.886. The summed E-state index contributed by atoms with van der Waals surface area (Å²) < 4.78 is 0. The van der Waals surface area contributed by atoms with Gasteiger partial charge in [-0.3, -0.25) is 0 Å². The summed E-state index contributed by atoms with van der Waals surface area (Å²) in [5.41, 5.74) is 4.50. The molecule has 14 heavy (non-hydrogen) atoms. The van der Waals surface area contributed by atoms with Crippen molar-refractivity contribution in [3.63, 3.8) is 0 Å². The highest BCUT2D eigenvalue weighted by atomic mass is 15.0. The molecule has 2 aliphatic carbocycles. The molecule has 0 fully saturated rings. The van der Waals surface area contributed by atoms with Crippen molar-refractivity contribution in [2.75, 3.05) is 0 Å². The van der Waals surface area contributed by atoms with Crippen LogP contribution >= 0.6 is 0 Å². The van der Waals surface area contributed by atoms with E-state index in [1.165, 1.54) is 11.1 Å². The van der Waals surface area contributed by atoms with Crippen molar-refractivity contribution in [2.24, 2.45) is 20.0 Å². The van der Waals surface area contributed by atoms with E-state index in [0.717, 1.165) is 34.9 Å². The third-order valence-corrected chi connectivity index (χ3v) is 2.96. The zero-order chi connectivity index (χ0) is 9.12. The molecule has 0 radical (unpaired) electrons. The standard InChI is InChI=1S/C10H6N4/c1-2-6-9-7(11-3-13-9)5(1)8-10(6)14-4-12-8/h3-4H,1-2H2. The molecule has 4 heteroatoms. The van der Waals surface area contributed by atoms with Gasteiger partial charge in [0.25, 0.3) is 0 Å². The van der Waals surface area contributed by atoms with Crippen LogP contribution in [0.25, 0.3) is 0 Å². The Bertz CT molecular complexity index is 580. The number of benzene rings is 1. The highest BCUT2D eigenvalue weighted by molar-refractivity contribution is 5.78. The largest absolute Gasteiger partial charge is 0.234 e. The molecule has 0 saturated heterocycles. The van der Waals surface area contributed by atoms with Gasteiger partial charge in [-0.15, -0.1) is 0 Å². The number of fused-ring (bicyclic) bond motifs is 1. The molecule has 1 aromatic carbocycles. The Morgan fingerprint density at radius 3 is 1.79 bits per heavy atom. The second kappa shape index (κ2) is 1.97. The van der Waals surface area contributed by atoms with Crippen molar-refractivity contribution in [1.82, 2.24) is 0 Å². The van der Waals surface area contributed by atoms with Crippen LogP contribution in [0.4, 0.5) is 11.4 Å². The lowest BCUT2D eigenvalue weighted by Crippen LogP contribution is -2.26. The van der Waals surface area contributed by atoms with Crippen LogP contribution in [0.3, 0.4) is 0 Å². The fraction of sp³-hybridized carbons (Fsp3) is 0.200. The normalized spacial score (nSPS) is 18.0. The SMILES string of the molecule is C1=Nc2c3c4c(c(c2=N1)CC3)N=CN=4. The quantitative estimate of drug-likeness (QED) is 0.556. The Labute approximate surface area is 79.5 Å². The molecule has 5 rings (SSSR count). The maximum atomic E-state index is 4.28. The van der Waals surface area contributed by atoms with Gasteiger partial charge >= 0.3 is 0 Å². The lowest BCUT2D eigenvalue weighted by Gasteiger charge is -2.15. The molecule has 0 saturated carbocycles. The Morgan fingerprint density at radius 1 is 0.786 bits per heavy atom. The number of hydrogen-bond donors (Lipinski definition) is 0. The van der Waals surface area contributed by atoms with E-state index in [1.807, 2.05) is 0 Å². The molecular weight excluding hydrogens is 176 g/mol. The molecule has 4 aliphatic rings. The molecule has 1 aromatic rings. The van der Waals surface area contributed by atoms with E-state index in [0.29, 0.717) is 0 Å². The van der Waals surface area contributed by atoms with Crippen molar-refractivity contribution >= 4 is 24.1 Å². The number of nitrogens with zero attached hydrogens (tertiary/aromatic N) is 4. The second-order valence-electron chi connectivity index (χ2n) is 3.60. The van der Waals surface area contributed by atoms with Gasteiger partial charge in [0.15, 0.2) is 0 Å². The minimum Gasteiger partial charge on any atom is -0.234 e. The van der Waals surface area contributed by atoms with Gasteiger partial charge in [0.1, 0.15) is 12.7 Å². The fourth-order valence-corrected chi connectivity index (χ4v) is 2.36. The lowest BCUT2D eigenvalue weighted by atomic mass is 9.90. The van der Waals surface area contributed by atoms with Crippen molar-refractivity contribution in [3.05, 3.63) is 21.8 Å². The Kier molecular flexibility index (Phi) is 0.929. The van der Waals surface area contributed by atoms with E-state index < -0.39 is 0 Å². The Balaban J connectivity index is 2.37. The first-order valence-corrected chi connectivity index (χ1v) is 4.63. The average Bonchev–Trinajstić information content (AvgIpc) is 2.88. The minimum absolute atomic E-state index is 1.03. The smallest absolute Gasteiger partial charge is 0.116 e. The summed E-state index contributed by atoms with van der Waals surface area (Å²) in [6, 6.07) is 0. The molecule has 0 spiro atoms. The zero-order valence-electron chi connectivity index (χ0n) is 7.36. The van der Waals surface area contributed by atoms with Crippen molar-refractivity contribution < 1.29 is 0 Å². The summed E-state index contributed by atoms with van der Waals surface area (Å²) in [5, 5.41) is 2.05. The second-order valence-corrected chi connectivity index (χ2v) is 3.60. The maximum absolute atomic E-state index is 4.28. The van der Waals surface area contributed by atoms with E-state index in [-0.39, 0.29) is 0 Å². The van der Waals surface area contributed by atoms with E-state index >= 15 is 0 Å². The van der Waals surface area contributed by atoms with Crippen LogP contribution in [0.15, 0.2) is 20.0 Å². The van der Waals surface area contributed by atoms with Crippen molar-refractivity contribution in [2.45, 2.75) is 12.8 Å². The summed E-state index contributed by atoms with van der Waals surface area (Å²) in [6.45, 7) is 0. The molecule has 2 bridgehead atoms. The predicted octanol–water partition coefficient (Wildman–Crippen LogP) is 0.371. The topological polar surface area (TPSA) is 49.4 Å². The Morgan fingerprint density at radius 2 is 1.29 bits per heavy atom. The first kappa shape index (κ1) is 6.59. The number of aliphatic imine (C=N–C) groups is 2. The Hall–Kier alpha value is -1.84. The summed E-state index contributed by atoms with van der Waals surface area (Å²) in [4.78, 5) is 17.1. The van der Waals surface area contributed by atoms with E-state index in [4.69, 9.17) is 0 Å². The van der Waals surface area contributed by atoms with Gasteiger partial charge in [0.05, 0.1) is 22.1 Å².